The van der Waals surface area contributed by atoms with Crippen molar-refractivity contribution in [2.45, 2.75) is 26.3 Å². The second-order valence-electron chi connectivity index (χ2n) is 5.56. The molecule has 1 aromatic carbocycles. The first-order valence-electron chi connectivity index (χ1n) is 7.05. The number of rotatable bonds is 5. The van der Waals surface area contributed by atoms with E-state index in [1.165, 1.54) is 6.20 Å². The Morgan fingerprint density at radius 2 is 2.05 bits per heavy atom. The molecule has 0 spiro atoms. The normalized spacial score (nSPS) is 12.6. The number of aliphatic hydroxyl groups excluding tert-OH is 1. The molecule has 5 nitrogen and oxygen atoms in total. The van der Waals surface area contributed by atoms with Gasteiger partial charge in [-0.05, 0) is 24.5 Å². The number of aliphatic hydroxyl groups is 1. The summed E-state index contributed by atoms with van der Waals surface area (Å²) < 4.78 is 0. The Labute approximate surface area is 123 Å². The summed E-state index contributed by atoms with van der Waals surface area (Å²) in [6.45, 7) is 3.88. The number of hydrogen-bond acceptors (Lipinski definition) is 3. The Balaban J connectivity index is 2.27. The van der Waals surface area contributed by atoms with Gasteiger partial charge in [-0.1, -0.05) is 26.0 Å². The maximum absolute atomic E-state index is 12.3. The second kappa shape index (κ2) is 6.54. The fourth-order valence-corrected chi connectivity index (χ4v) is 2.35. The molecule has 0 bridgehead atoms. The zero-order valence-corrected chi connectivity index (χ0v) is 12.2. The summed E-state index contributed by atoms with van der Waals surface area (Å²) in [6, 6.07) is 6.70. The summed E-state index contributed by atoms with van der Waals surface area (Å²) in [7, 11) is 0. The summed E-state index contributed by atoms with van der Waals surface area (Å²) in [4.78, 5) is 27.5. The zero-order valence-electron chi connectivity index (χ0n) is 12.2. The molecule has 0 aliphatic carbocycles. The Hall–Kier alpha value is -2.14. The lowest BCUT2D eigenvalue weighted by Gasteiger charge is -2.18. The van der Waals surface area contributed by atoms with E-state index in [2.05, 4.69) is 10.3 Å². The van der Waals surface area contributed by atoms with Gasteiger partial charge in [0.2, 0.25) is 5.43 Å². The summed E-state index contributed by atoms with van der Waals surface area (Å²) in [5, 5.41) is 12.5. The highest BCUT2D eigenvalue weighted by atomic mass is 16.3. The average Bonchev–Trinajstić information content (AvgIpc) is 2.46. The van der Waals surface area contributed by atoms with E-state index in [1.807, 2.05) is 19.9 Å². The van der Waals surface area contributed by atoms with E-state index in [9.17, 15) is 14.7 Å². The summed E-state index contributed by atoms with van der Waals surface area (Å²) in [5.41, 5.74) is 0.457. The van der Waals surface area contributed by atoms with Crippen LogP contribution in [0.3, 0.4) is 0 Å². The van der Waals surface area contributed by atoms with Crippen molar-refractivity contribution in [3.63, 3.8) is 0 Å². The van der Waals surface area contributed by atoms with Crippen LogP contribution >= 0.6 is 0 Å². The van der Waals surface area contributed by atoms with Crippen LogP contribution < -0.4 is 10.7 Å². The molecule has 1 aromatic heterocycles. The van der Waals surface area contributed by atoms with E-state index < -0.39 is 5.91 Å². The lowest BCUT2D eigenvalue weighted by molar-refractivity contribution is 0.0907. The number of fused-ring (bicyclic) bond motifs is 1. The first kappa shape index (κ1) is 15.3. The van der Waals surface area contributed by atoms with Crippen LogP contribution in [0.4, 0.5) is 0 Å². The van der Waals surface area contributed by atoms with Crippen molar-refractivity contribution in [2.24, 2.45) is 5.92 Å². The van der Waals surface area contributed by atoms with Gasteiger partial charge in [-0.3, -0.25) is 9.59 Å². The van der Waals surface area contributed by atoms with Crippen LogP contribution in [-0.2, 0) is 0 Å². The molecule has 3 N–H and O–H groups in total. The van der Waals surface area contributed by atoms with Gasteiger partial charge in [-0.25, -0.2) is 0 Å². The molecule has 1 amide bonds. The van der Waals surface area contributed by atoms with E-state index in [-0.39, 0.29) is 23.6 Å². The van der Waals surface area contributed by atoms with Crippen molar-refractivity contribution in [3.05, 3.63) is 46.2 Å². The first-order valence-corrected chi connectivity index (χ1v) is 7.05. The number of H-pyrrole nitrogens is 1. The highest BCUT2D eigenvalue weighted by Crippen LogP contribution is 2.08. The third kappa shape index (κ3) is 3.49. The van der Waals surface area contributed by atoms with Gasteiger partial charge >= 0.3 is 0 Å². The number of aromatic amines is 1. The van der Waals surface area contributed by atoms with Crippen LogP contribution in [-0.4, -0.2) is 28.6 Å². The third-order valence-corrected chi connectivity index (χ3v) is 3.34. The zero-order chi connectivity index (χ0) is 15.4. The SMILES string of the molecule is CC(C)CC(CO)NC(=O)c1c[nH]c2ccccc2c1=O. The minimum Gasteiger partial charge on any atom is -0.394 e. The average molecular weight is 288 g/mol. The van der Waals surface area contributed by atoms with Gasteiger partial charge in [0.05, 0.1) is 12.6 Å². The van der Waals surface area contributed by atoms with Crippen molar-refractivity contribution in [1.29, 1.82) is 0 Å². The molecule has 1 heterocycles. The molecule has 0 fully saturated rings. The fourth-order valence-electron chi connectivity index (χ4n) is 2.35. The number of amides is 1. The Morgan fingerprint density at radius 3 is 2.71 bits per heavy atom. The van der Waals surface area contributed by atoms with Crippen LogP contribution in [0.1, 0.15) is 30.6 Å². The van der Waals surface area contributed by atoms with Crippen LogP contribution in [0.5, 0.6) is 0 Å². The number of benzene rings is 1. The van der Waals surface area contributed by atoms with Crippen LogP contribution in [0.15, 0.2) is 35.3 Å². The number of pyridine rings is 1. The third-order valence-electron chi connectivity index (χ3n) is 3.34. The van der Waals surface area contributed by atoms with E-state index >= 15 is 0 Å². The topological polar surface area (TPSA) is 82.2 Å². The molecule has 2 aromatic rings. The van der Waals surface area contributed by atoms with E-state index in [0.717, 1.165) is 0 Å². The molecule has 21 heavy (non-hydrogen) atoms. The highest BCUT2D eigenvalue weighted by molar-refractivity contribution is 5.97. The molecule has 1 unspecified atom stereocenters. The van der Waals surface area contributed by atoms with Crippen LogP contribution in [0.25, 0.3) is 10.9 Å². The van der Waals surface area contributed by atoms with Gasteiger partial charge in [0.25, 0.3) is 5.91 Å². The van der Waals surface area contributed by atoms with E-state index in [0.29, 0.717) is 23.2 Å². The Morgan fingerprint density at radius 1 is 1.33 bits per heavy atom. The van der Waals surface area contributed by atoms with Crippen molar-refractivity contribution < 1.29 is 9.90 Å². The molecule has 0 aliphatic heterocycles. The second-order valence-corrected chi connectivity index (χ2v) is 5.56. The lowest BCUT2D eigenvalue weighted by atomic mass is 10.0. The molecule has 2 rings (SSSR count). The van der Waals surface area contributed by atoms with Gasteiger partial charge in [-0.2, -0.15) is 0 Å². The maximum Gasteiger partial charge on any atom is 0.257 e. The fraction of sp³-hybridized carbons (Fsp3) is 0.375. The van der Waals surface area contributed by atoms with Gasteiger partial charge in [0.1, 0.15) is 5.56 Å². The summed E-state index contributed by atoms with van der Waals surface area (Å²) >= 11 is 0. The number of carbonyl (C=O) groups is 1. The minimum atomic E-state index is -0.457. The number of nitrogens with one attached hydrogen (secondary N) is 2. The number of carbonyl (C=O) groups excluding carboxylic acids is 1. The van der Waals surface area contributed by atoms with Gasteiger partial charge < -0.3 is 15.4 Å². The van der Waals surface area contributed by atoms with Crippen LogP contribution in [0, 0.1) is 5.92 Å². The molecule has 5 heteroatoms. The van der Waals surface area contributed by atoms with Crippen molar-refractivity contribution in [1.82, 2.24) is 10.3 Å². The predicted octanol–water partition coefficient (Wildman–Crippen LogP) is 1.66. The Bertz CT molecular complexity index is 691. The monoisotopic (exact) mass is 288 g/mol. The quantitative estimate of drug-likeness (QED) is 0.782. The smallest absolute Gasteiger partial charge is 0.257 e. The van der Waals surface area contributed by atoms with Gasteiger partial charge in [0.15, 0.2) is 0 Å². The molecule has 0 saturated carbocycles. The number of aromatic nitrogens is 1. The van der Waals surface area contributed by atoms with E-state index in [1.54, 1.807) is 18.2 Å². The predicted molar refractivity (Wildman–Crippen MR) is 82.4 cm³/mol. The number of hydrogen-bond donors (Lipinski definition) is 3. The molecule has 112 valence electrons. The highest BCUT2D eigenvalue weighted by Gasteiger charge is 2.17. The summed E-state index contributed by atoms with van der Waals surface area (Å²) in [5.74, 6) is -0.112. The maximum atomic E-state index is 12.3. The minimum absolute atomic E-state index is 0.0657. The molecule has 0 radical (unpaired) electrons. The molecule has 0 aliphatic rings. The molecular formula is C16H20N2O3. The Kier molecular flexibility index (Phi) is 4.75. The molecule has 1 atom stereocenters. The molecular weight excluding hydrogens is 268 g/mol. The van der Waals surface area contributed by atoms with Crippen molar-refractivity contribution >= 4 is 16.8 Å². The standard InChI is InChI=1S/C16H20N2O3/c1-10(2)7-11(9-19)18-16(21)13-8-17-14-6-4-3-5-12(14)15(13)20/h3-6,8,10-11,19H,7,9H2,1-2H3,(H,17,20)(H,18,21). The lowest BCUT2D eigenvalue weighted by Crippen LogP contribution is -2.40. The van der Waals surface area contributed by atoms with Crippen LogP contribution in [0.2, 0.25) is 0 Å². The van der Waals surface area contributed by atoms with E-state index in [4.69, 9.17) is 0 Å². The largest absolute Gasteiger partial charge is 0.394 e. The first-order chi connectivity index (χ1) is 10.0. The van der Waals surface area contributed by atoms with Gasteiger partial charge in [0, 0.05) is 17.1 Å². The molecule has 0 saturated heterocycles. The van der Waals surface area contributed by atoms with Crippen molar-refractivity contribution in [3.8, 4) is 0 Å². The summed E-state index contributed by atoms with van der Waals surface area (Å²) in [6.07, 6.45) is 2.08. The van der Waals surface area contributed by atoms with Crippen molar-refractivity contribution in [2.75, 3.05) is 6.61 Å². The van der Waals surface area contributed by atoms with Gasteiger partial charge in [-0.15, -0.1) is 0 Å². The number of para-hydroxylation sites is 1.